The summed E-state index contributed by atoms with van der Waals surface area (Å²) in [5.41, 5.74) is 1.08. The quantitative estimate of drug-likeness (QED) is 0.780. The number of methoxy groups -OCH3 is 1. The van der Waals surface area contributed by atoms with Crippen LogP contribution in [0.4, 0.5) is 4.39 Å². The molecule has 1 aromatic carbocycles. The van der Waals surface area contributed by atoms with Crippen LogP contribution in [0.3, 0.4) is 0 Å². The van der Waals surface area contributed by atoms with Gasteiger partial charge in [-0.25, -0.2) is 4.39 Å². The predicted molar refractivity (Wildman–Crippen MR) is 75.2 cm³/mol. The van der Waals surface area contributed by atoms with Crippen molar-refractivity contribution in [1.82, 2.24) is 5.32 Å². The molecule has 0 bridgehead atoms. The van der Waals surface area contributed by atoms with Crippen LogP contribution in [0.15, 0.2) is 23.1 Å². The molecule has 19 heavy (non-hydrogen) atoms. The van der Waals surface area contributed by atoms with E-state index in [0.717, 1.165) is 29.2 Å². The van der Waals surface area contributed by atoms with Crippen molar-refractivity contribution in [2.24, 2.45) is 0 Å². The van der Waals surface area contributed by atoms with E-state index in [2.05, 4.69) is 5.32 Å². The topological polar surface area (TPSA) is 30.5 Å². The second-order valence-corrected chi connectivity index (χ2v) is 5.51. The zero-order valence-corrected chi connectivity index (χ0v) is 12.0. The average Bonchev–Trinajstić information content (AvgIpc) is 2.43. The molecule has 0 amide bonds. The predicted octanol–water partition coefficient (Wildman–Crippen LogP) is 2.62. The molecule has 2 rings (SSSR count). The Bertz CT molecular complexity index is 403. The second kappa shape index (κ2) is 7.85. The molecule has 1 unspecified atom stereocenters. The fourth-order valence-corrected chi connectivity index (χ4v) is 3.29. The highest BCUT2D eigenvalue weighted by atomic mass is 32.2. The SMILES string of the molecule is COCCOCCNC1CCSc2c(F)cccc21. The van der Waals surface area contributed by atoms with Gasteiger partial charge in [-0.05, 0) is 23.8 Å². The molecule has 1 aromatic rings. The maximum atomic E-state index is 13.7. The molecule has 1 heterocycles. The van der Waals surface area contributed by atoms with E-state index >= 15 is 0 Å². The number of hydrogen-bond donors (Lipinski definition) is 1. The first kappa shape index (κ1) is 14.8. The number of nitrogens with one attached hydrogen (secondary N) is 1. The summed E-state index contributed by atoms with van der Waals surface area (Å²) in [5.74, 6) is 0.848. The van der Waals surface area contributed by atoms with E-state index in [4.69, 9.17) is 9.47 Å². The highest BCUT2D eigenvalue weighted by Crippen LogP contribution is 2.37. The Morgan fingerprint density at radius 2 is 2.26 bits per heavy atom. The third-order valence-electron chi connectivity index (χ3n) is 3.09. The molecular weight excluding hydrogens is 265 g/mol. The summed E-state index contributed by atoms with van der Waals surface area (Å²) >= 11 is 1.61. The summed E-state index contributed by atoms with van der Waals surface area (Å²) < 4.78 is 24.0. The fraction of sp³-hybridized carbons (Fsp3) is 0.571. The van der Waals surface area contributed by atoms with Crippen LogP contribution in [0.25, 0.3) is 0 Å². The van der Waals surface area contributed by atoms with Crippen molar-refractivity contribution in [3.63, 3.8) is 0 Å². The zero-order chi connectivity index (χ0) is 13.5. The van der Waals surface area contributed by atoms with Gasteiger partial charge in [0.25, 0.3) is 0 Å². The Labute approximate surface area is 117 Å². The molecule has 106 valence electrons. The van der Waals surface area contributed by atoms with E-state index < -0.39 is 0 Å². The third kappa shape index (κ3) is 4.18. The van der Waals surface area contributed by atoms with Crippen LogP contribution in [0, 0.1) is 5.82 Å². The number of fused-ring (bicyclic) bond motifs is 1. The molecule has 0 saturated carbocycles. The van der Waals surface area contributed by atoms with Gasteiger partial charge in [0.1, 0.15) is 5.82 Å². The number of thioether (sulfide) groups is 1. The van der Waals surface area contributed by atoms with Gasteiger partial charge in [0.05, 0.1) is 19.8 Å². The summed E-state index contributed by atoms with van der Waals surface area (Å²) in [5, 5.41) is 3.44. The van der Waals surface area contributed by atoms with Crippen molar-refractivity contribution >= 4 is 11.8 Å². The third-order valence-corrected chi connectivity index (χ3v) is 4.25. The minimum atomic E-state index is -0.106. The highest BCUT2D eigenvalue weighted by molar-refractivity contribution is 7.99. The molecule has 0 aromatic heterocycles. The van der Waals surface area contributed by atoms with Gasteiger partial charge in [0, 0.05) is 24.6 Å². The minimum Gasteiger partial charge on any atom is -0.382 e. The zero-order valence-electron chi connectivity index (χ0n) is 11.2. The smallest absolute Gasteiger partial charge is 0.137 e. The summed E-state index contributed by atoms with van der Waals surface area (Å²) in [4.78, 5) is 0.798. The lowest BCUT2D eigenvalue weighted by atomic mass is 10.0. The van der Waals surface area contributed by atoms with Gasteiger partial charge in [-0.15, -0.1) is 11.8 Å². The maximum absolute atomic E-state index is 13.7. The second-order valence-electron chi connectivity index (χ2n) is 4.41. The molecule has 3 nitrogen and oxygen atoms in total. The van der Waals surface area contributed by atoms with Crippen LogP contribution >= 0.6 is 11.8 Å². The first-order valence-electron chi connectivity index (χ1n) is 6.54. The molecular formula is C14H20FNO2S. The average molecular weight is 285 g/mol. The standard InChI is InChI=1S/C14H20FNO2S/c1-17-8-9-18-7-6-16-13-5-10-19-14-11(13)3-2-4-12(14)15/h2-4,13,16H,5-10H2,1H3. The maximum Gasteiger partial charge on any atom is 0.137 e. The van der Waals surface area contributed by atoms with E-state index in [9.17, 15) is 4.39 Å². The lowest BCUT2D eigenvalue weighted by molar-refractivity contribution is 0.0709. The summed E-state index contributed by atoms with van der Waals surface area (Å²) in [6.07, 6.45) is 1.03. The summed E-state index contributed by atoms with van der Waals surface area (Å²) in [6.45, 7) is 2.66. The van der Waals surface area contributed by atoms with Crippen LogP contribution in [0.2, 0.25) is 0 Å². The van der Waals surface area contributed by atoms with Gasteiger partial charge >= 0.3 is 0 Å². The number of ether oxygens (including phenoxy) is 2. The Morgan fingerprint density at radius 1 is 1.37 bits per heavy atom. The molecule has 0 aliphatic carbocycles. The van der Waals surface area contributed by atoms with Crippen molar-refractivity contribution in [1.29, 1.82) is 0 Å². The highest BCUT2D eigenvalue weighted by Gasteiger charge is 2.22. The van der Waals surface area contributed by atoms with Crippen LogP contribution in [-0.4, -0.2) is 39.2 Å². The first-order chi connectivity index (χ1) is 9.33. The van der Waals surface area contributed by atoms with E-state index in [-0.39, 0.29) is 11.9 Å². The van der Waals surface area contributed by atoms with Crippen molar-refractivity contribution in [2.45, 2.75) is 17.4 Å². The van der Waals surface area contributed by atoms with E-state index in [0.29, 0.717) is 19.8 Å². The van der Waals surface area contributed by atoms with Crippen LogP contribution in [0.5, 0.6) is 0 Å². The molecule has 1 N–H and O–H groups in total. The largest absolute Gasteiger partial charge is 0.382 e. The van der Waals surface area contributed by atoms with E-state index in [1.54, 1.807) is 24.9 Å². The van der Waals surface area contributed by atoms with E-state index in [1.165, 1.54) is 6.07 Å². The Hall–Kier alpha value is -0.620. The van der Waals surface area contributed by atoms with Gasteiger partial charge in [-0.1, -0.05) is 12.1 Å². The Balaban J connectivity index is 1.81. The summed E-state index contributed by atoms with van der Waals surface area (Å²) in [6, 6.07) is 5.55. The molecule has 1 aliphatic rings. The van der Waals surface area contributed by atoms with Gasteiger partial charge in [-0.2, -0.15) is 0 Å². The first-order valence-corrected chi connectivity index (χ1v) is 7.52. The van der Waals surface area contributed by atoms with Crippen LogP contribution < -0.4 is 5.32 Å². The van der Waals surface area contributed by atoms with E-state index in [1.807, 2.05) is 6.07 Å². The molecule has 1 atom stereocenters. The molecule has 5 heteroatoms. The number of rotatable bonds is 7. The van der Waals surface area contributed by atoms with Crippen molar-refractivity contribution < 1.29 is 13.9 Å². The van der Waals surface area contributed by atoms with Gasteiger partial charge < -0.3 is 14.8 Å². The van der Waals surface area contributed by atoms with Crippen LogP contribution in [0.1, 0.15) is 18.0 Å². The van der Waals surface area contributed by atoms with Crippen LogP contribution in [-0.2, 0) is 9.47 Å². The number of hydrogen-bond acceptors (Lipinski definition) is 4. The normalized spacial score (nSPS) is 18.3. The molecule has 0 saturated heterocycles. The van der Waals surface area contributed by atoms with Gasteiger partial charge in [-0.3, -0.25) is 0 Å². The van der Waals surface area contributed by atoms with Crippen molar-refractivity contribution in [3.05, 3.63) is 29.6 Å². The molecule has 0 radical (unpaired) electrons. The van der Waals surface area contributed by atoms with Crippen molar-refractivity contribution in [3.8, 4) is 0 Å². The number of halogens is 1. The number of benzene rings is 1. The molecule has 1 aliphatic heterocycles. The molecule has 0 fully saturated rings. The van der Waals surface area contributed by atoms with Gasteiger partial charge in [0.2, 0.25) is 0 Å². The monoisotopic (exact) mass is 285 g/mol. The van der Waals surface area contributed by atoms with Crippen molar-refractivity contribution in [2.75, 3.05) is 39.2 Å². The lowest BCUT2D eigenvalue weighted by Gasteiger charge is -2.26. The van der Waals surface area contributed by atoms with Gasteiger partial charge in [0.15, 0.2) is 0 Å². The minimum absolute atomic E-state index is 0.106. The lowest BCUT2D eigenvalue weighted by Crippen LogP contribution is -2.28. The Kier molecular flexibility index (Phi) is 6.10. The summed E-state index contributed by atoms with van der Waals surface area (Å²) in [7, 11) is 1.66. The fourth-order valence-electron chi connectivity index (χ4n) is 2.15. The molecule has 0 spiro atoms. The Morgan fingerprint density at radius 3 is 3.11 bits per heavy atom.